The molecule has 0 bridgehead atoms. The molecule has 0 saturated carbocycles. The quantitative estimate of drug-likeness (QED) is 0.915. The molecule has 2 rings (SSSR count). The molecule has 5 heteroatoms. The summed E-state index contributed by atoms with van der Waals surface area (Å²) < 4.78 is 25.1. The van der Waals surface area contributed by atoms with Gasteiger partial charge in [0.15, 0.2) is 9.84 Å². The highest BCUT2D eigenvalue weighted by Gasteiger charge is 2.28. The van der Waals surface area contributed by atoms with Crippen LogP contribution in [0.1, 0.15) is 23.6 Å². The van der Waals surface area contributed by atoms with Gasteiger partial charge in [0.05, 0.1) is 5.75 Å². The molecule has 0 fully saturated rings. The third-order valence-corrected chi connectivity index (χ3v) is 5.82. The zero-order valence-electron chi connectivity index (χ0n) is 13.5. The molecule has 2 aromatic carbocycles. The molecule has 1 atom stereocenters. The number of rotatable bonds is 5. The molecule has 0 aliphatic carbocycles. The largest absolute Gasteiger partial charge is 0.325 e. The van der Waals surface area contributed by atoms with E-state index in [0.29, 0.717) is 5.69 Å². The summed E-state index contributed by atoms with van der Waals surface area (Å²) >= 11 is 0. The van der Waals surface area contributed by atoms with Gasteiger partial charge in [-0.15, -0.1) is 0 Å². The van der Waals surface area contributed by atoms with Crippen LogP contribution in [0.15, 0.2) is 48.5 Å². The fraction of sp³-hybridized carbons (Fsp3) is 0.278. The minimum atomic E-state index is -3.58. The van der Waals surface area contributed by atoms with Crippen molar-refractivity contribution in [3.05, 3.63) is 65.2 Å². The molecule has 1 N–H and O–H groups in total. The Labute approximate surface area is 137 Å². The highest BCUT2D eigenvalue weighted by molar-refractivity contribution is 7.92. The van der Waals surface area contributed by atoms with E-state index in [0.717, 1.165) is 16.7 Å². The van der Waals surface area contributed by atoms with Crippen LogP contribution < -0.4 is 5.32 Å². The number of para-hydroxylation sites is 1. The van der Waals surface area contributed by atoms with E-state index in [1.54, 1.807) is 24.3 Å². The van der Waals surface area contributed by atoms with Crippen molar-refractivity contribution >= 4 is 21.4 Å². The smallest absolute Gasteiger partial charge is 0.242 e. The predicted octanol–water partition coefficient (Wildman–Crippen LogP) is 3.25. The molecule has 1 unspecified atom stereocenters. The molecule has 0 radical (unpaired) electrons. The van der Waals surface area contributed by atoms with Gasteiger partial charge in [-0.1, -0.05) is 42.0 Å². The van der Waals surface area contributed by atoms with Crippen molar-refractivity contribution in [2.45, 2.75) is 31.8 Å². The average molecular weight is 331 g/mol. The predicted molar refractivity (Wildman–Crippen MR) is 93.1 cm³/mol. The number of hydrogen-bond acceptors (Lipinski definition) is 3. The number of anilines is 1. The van der Waals surface area contributed by atoms with Crippen molar-refractivity contribution in [3.63, 3.8) is 0 Å². The van der Waals surface area contributed by atoms with Gasteiger partial charge >= 0.3 is 0 Å². The van der Waals surface area contributed by atoms with E-state index in [-0.39, 0.29) is 5.75 Å². The van der Waals surface area contributed by atoms with Crippen molar-refractivity contribution in [1.82, 2.24) is 0 Å². The van der Waals surface area contributed by atoms with Crippen LogP contribution in [0.25, 0.3) is 0 Å². The van der Waals surface area contributed by atoms with Gasteiger partial charge in [-0.05, 0) is 44.0 Å². The van der Waals surface area contributed by atoms with Gasteiger partial charge in [-0.3, -0.25) is 4.79 Å². The number of benzene rings is 2. The number of hydrogen-bond donors (Lipinski definition) is 1. The summed E-state index contributed by atoms with van der Waals surface area (Å²) in [5, 5.41) is 1.53. The van der Waals surface area contributed by atoms with Gasteiger partial charge < -0.3 is 5.32 Å². The second-order valence-electron chi connectivity index (χ2n) is 5.73. The number of carbonyl (C=O) groups excluding carboxylic acids is 1. The lowest BCUT2D eigenvalue weighted by atomic mass is 10.1. The van der Waals surface area contributed by atoms with Gasteiger partial charge in [0.1, 0.15) is 5.25 Å². The van der Waals surface area contributed by atoms with Crippen molar-refractivity contribution in [2.75, 3.05) is 5.32 Å². The standard InChI is InChI=1S/C18H21NO3S/c1-13-9-10-14(2)16(11-13)12-23(21,22)15(3)18(20)19-17-7-5-4-6-8-17/h4-11,15H,12H2,1-3H3,(H,19,20). The first-order valence-electron chi connectivity index (χ1n) is 7.43. The minimum Gasteiger partial charge on any atom is -0.325 e. The topological polar surface area (TPSA) is 63.2 Å². The first kappa shape index (κ1) is 17.2. The number of sulfone groups is 1. The SMILES string of the molecule is Cc1ccc(C)c(CS(=O)(=O)C(C)C(=O)Nc2ccccc2)c1. The minimum absolute atomic E-state index is 0.135. The first-order chi connectivity index (χ1) is 10.8. The molecule has 1 amide bonds. The fourth-order valence-electron chi connectivity index (χ4n) is 2.23. The number of carbonyl (C=O) groups is 1. The van der Waals surface area contributed by atoms with Crippen LogP contribution in [-0.4, -0.2) is 19.6 Å². The molecule has 23 heavy (non-hydrogen) atoms. The van der Waals surface area contributed by atoms with Gasteiger partial charge in [-0.25, -0.2) is 8.42 Å². The summed E-state index contributed by atoms with van der Waals surface area (Å²) in [5.74, 6) is -0.648. The third-order valence-electron chi connectivity index (χ3n) is 3.81. The molecular formula is C18H21NO3S. The van der Waals surface area contributed by atoms with E-state index in [1.807, 2.05) is 38.1 Å². The lowest BCUT2D eigenvalue weighted by molar-refractivity contribution is -0.115. The molecule has 0 saturated heterocycles. The normalized spacial score (nSPS) is 12.7. The van der Waals surface area contributed by atoms with Crippen LogP contribution in [-0.2, 0) is 20.4 Å². The first-order valence-corrected chi connectivity index (χ1v) is 9.15. The maximum atomic E-state index is 12.5. The Kier molecular flexibility index (Phi) is 5.21. The summed E-state index contributed by atoms with van der Waals surface area (Å²) in [7, 11) is -3.58. The molecule has 2 aromatic rings. The highest BCUT2D eigenvalue weighted by atomic mass is 32.2. The van der Waals surface area contributed by atoms with Gasteiger partial charge in [0, 0.05) is 5.69 Å². The molecule has 0 aromatic heterocycles. The van der Waals surface area contributed by atoms with Crippen LogP contribution in [0.5, 0.6) is 0 Å². The average Bonchev–Trinajstić information content (AvgIpc) is 2.51. The zero-order chi connectivity index (χ0) is 17.0. The zero-order valence-corrected chi connectivity index (χ0v) is 14.4. The van der Waals surface area contributed by atoms with E-state index < -0.39 is 21.0 Å². The summed E-state index contributed by atoms with van der Waals surface area (Å²) in [5.41, 5.74) is 3.24. The van der Waals surface area contributed by atoms with Crippen molar-refractivity contribution in [3.8, 4) is 0 Å². The van der Waals surface area contributed by atoms with Gasteiger partial charge in [-0.2, -0.15) is 0 Å². The second kappa shape index (κ2) is 6.96. The van der Waals surface area contributed by atoms with E-state index in [2.05, 4.69) is 5.32 Å². The van der Waals surface area contributed by atoms with Gasteiger partial charge in [0.2, 0.25) is 5.91 Å². The molecule has 0 spiro atoms. The highest BCUT2D eigenvalue weighted by Crippen LogP contribution is 2.18. The van der Waals surface area contributed by atoms with Crippen LogP contribution in [0.4, 0.5) is 5.69 Å². The summed E-state index contributed by atoms with van der Waals surface area (Å²) in [4.78, 5) is 12.2. The Morgan fingerprint density at radius 1 is 1.09 bits per heavy atom. The molecule has 0 heterocycles. The van der Waals surface area contributed by atoms with Crippen LogP contribution in [0.3, 0.4) is 0 Å². The molecule has 0 aliphatic rings. The second-order valence-corrected chi connectivity index (χ2v) is 8.06. The monoisotopic (exact) mass is 331 g/mol. The third kappa shape index (κ3) is 4.42. The van der Waals surface area contributed by atoms with Crippen molar-refractivity contribution in [2.24, 2.45) is 0 Å². The molecule has 0 aliphatic heterocycles. The van der Waals surface area contributed by atoms with Crippen molar-refractivity contribution in [1.29, 1.82) is 0 Å². The maximum absolute atomic E-state index is 12.5. The Morgan fingerprint density at radius 2 is 1.74 bits per heavy atom. The molecule has 4 nitrogen and oxygen atoms in total. The van der Waals surface area contributed by atoms with E-state index in [9.17, 15) is 13.2 Å². The maximum Gasteiger partial charge on any atom is 0.242 e. The number of amides is 1. The summed E-state index contributed by atoms with van der Waals surface area (Å²) in [6.07, 6.45) is 0. The lowest BCUT2D eigenvalue weighted by Crippen LogP contribution is -2.33. The molecule has 122 valence electrons. The lowest BCUT2D eigenvalue weighted by Gasteiger charge is -2.15. The van der Waals surface area contributed by atoms with E-state index >= 15 is 0 Å². The summed E-state index contributed by atoms with van der Waals surface area (Å²) in [6, 6.07) is 14.5. The summed E-state index contributed by atoms with van der Waals surface area (Å²) in [6.45, 7) is 5.22. The molecular weight excluding hydrogens is 310 g/mol. The van der Waals surface area contributed by atoms with Crippen molar-refractivity contribution < 1.29 is 13.2 Å². The Hall–Kier alpha value is -2.14. The van der Waals surface area contributed by atoms with E-state index in [4.69, 9.17) is 0 Å². The Bertz CT molecular complexity index is 798. The van der Waals surface area contributed by atoms with E-state index in [1.165, 1.54) is 6.92 Å². The van der Waals surface area contributed by atoms with Gasteiger partial charge in [0.25, 0.3) is 0 Å². The Morgan fingerprint density at radius 3 is 2.39 bits per heavy atom. The number of aryl methyl sites for hydroxylation is 2. The van der Waals surface area contributed by atoms with Crippen LogP contribution in [0.2, 0.25) is 0 Å². The van der Waals surface area contributed by atoms with Crippen LogP contribution in [0, 0.1) is 13.8 Å². The van der Waals surface area contributed by atoms with Crippen LogP contribution >= 0.6 is 0 Å². The fourth-order valence-corrected chi connectivity index (χ4v) is 3.61. The number of nitrogens with one attached hydrogen (secondary N) is 1. The Balaban J connectivity index is 2.15.